The van der Waals surface area contributed by atoms with Gasteiger partial charge in [-0.15, -0.1) is 0 Å². The van der Waals surface area contributed by atoms with Gasteiger partial charge in [0, 0.05) is 25.8 Å². The molecule has 0 amide bonds. The Balaban J connectivity index is 1.83. The number of carbonyl (C=O) groups is 1. The highest BCUT2D eigenvalue weighted by atomic mass is 16.4. The molecule has 2 N–H and O–H groups in total. The van der Waals surface area contributed by atoms with E-state index in [4.69, 9.17) is 5.11 Å². The van der Waals surface area contributed by atoms with Crippen molar-refractivity contribution in [3.63, 3.8) is 0 Å². The van der Waals surface area contributed by atoms with Gasteiger partial charge in [0.15, 0.2) is 0 Å². The van der Waals surface area contributed by atoms with Gasteiger partial charge < -0.3 is 15.0 Å². The van der Waals surface area contributed by atoms with E-state index in [1.54, 1.807) is 6.33 Å². The zero-order chi connectivity index (χ0) is 12.3. The van der Waals surface area contributed by atoms with E-state index in [2.05, 4.69) is 10.3 Å². The van der Waals surface area contributed by atoms with E-state index in [9.17, 15) is 4.79 Å². The van der Waals surface area contributed by atoms with E-state index in [1.165, 1.54) is 0 Å². The van der Waals surface area contributed by atoms with Crippen LogP contribution in [0, 0.1) is 5.92 Å². The molecule has 1 aliphatic rings. The Morgan fingerprint density at radius 2 is 2.47 bits per heavy atom. The molecule has 0 aromatic carbocycles. The van der Waals surface area contributed by atoms with Gasteiger partial charge in [-0.3, -0.25) is 4.79 Å². The summed E-state index contributed by atoms with van der Waals surface area (Å²) in [6.45, 7) is 0.757. The highest BCUT2D eigenvalue weighted by Crippen LogP contribution is 2.24. The minimum atomic E-state index is -0.656. The number of nitrogens with one attached hydrogen (secondary N) is 1. The van der Waals surface area contributed by atoms with Gasteiger partial charge in [0.05, 0.1) is 17.9 Å². The number of imidazole rings is 1. The normalized spacial score (nSPS) is 24.8. The number of hydrogen-bond donors (Lipinski definition) is 2. The monoisotopic (exact) mass is 237 g/mol. The number of aliphatic carboxylic acids is 1. The highest BCUT2D eigenvalue weighted by molar-refractivity contribution is 5.70. The van der Waals surface area contributed by atoms with Crippen molar-refractivity contribution < 1.29 is 9.90 Å². The highest BCUT2D eigenvalue weighted by Gasteiger charge is 2.26. The lowest BCUT2D eigenvalue weighted by Crippen LogP contribution is -2.36. The number of hydrogen-bond acceptors (Lipinski definition) is 3. The summed E-state index contributed by atoms with van der Waals surface area (Å²) >= 11 is 0. The fraction of sp³-hybridized carbons (Fsp3) is 0.667. The van der Waals surface area contributed by atoms with Crippen LogP contribution in [0.4, 0.5) is 0 Å². The van der Waals surface area contributed by atoms with E-state index in [0.717, 1.165) is 37.9 Å². The lowest BCUT2D eigenvalue weighted by molar-refractivity contribution is -0.143. The van der Waals surface area contributed by atoms with Crippen molar-refractivity contribution in [2.75, 3.05) is 0 Å². The molecule has 1 saturated carbocycles. The minimum Gasteiger partial charge on any atom is -0.481 e. The fourth-order valence-electron chi connectivity index (χ4n) is 2.40. The van der Waals surface area contributed by atoms with Gasteiger partial charge in [0.1, 0.15) is 0 Å². The molecular formula is C12H19N3O2. The number of carboxylic acid groups (broad SMARTS) is 1. The quantitative estimate of drug-likeness (QED) is 0.824. The van der Waals surface area contributed by atoms with Crippen LogP contribution in [0.5, 0.6) is 0 Å². The summed E-state index contributed by atoms with van der Waals surface area (Å²) < 4.78 is 1.98. The van der Waals surface area contributed by atoms with Gasteiger partial charge in [-0.25, -0.2) is 4.98 Å². The summed E-state index contributed by atoms with van der Waals surface area (Å²) in [4.78, 5) is 15.0. The Bertz CT molecular complexity index is 389. The molecule has 1 fully saturated rings. The zero-order valence-electron chi connectivity index (χ0n) is 10.1. The van der Waals surface area contributed by atoms with Crippen LogP contribution >= 0.6 is 0 Å². The maximum absolute atomic E-state index is 10.9. The van der Waals surface area contributed by atoms with Gasteiger partial charge in [0.2, 0.25) is 0 Å². The third-order valence-electron chi connectivity index (χ3n) is 3.51. The molecule has 1 heterocycles. The smallest absolute Gasteiger partial charge is 0.306 e. The number of aryl methyl sites for hydroxylation is 1. The average molecular weight is 237 g/mol. The predicted molar refractivity (Wildman–Crippen MR) is 63.4 cm³/mol. The van der Waals surface area contributed by atoms with Gasteiger partial charge in [-0.05, 0) is 19.3 Å². The molecular weight excluding hydrogens is 218 g/mol. The van der Waals surface area contributed by atoms with Crippen LogP contribution in [-0.2, 0) is 18.4 Å². The van der Waals surface area contributed by atoms with Gasteiger partial charge in [-0.1, -0.05) is 6.42 Å². The third-order valence-corrected chi connectivity index (χ3v) is 3.51. The van der Waals surface area contributed by atoms with Crippen LogP contribution in [0.25, 0.3) is 0 Å². The standard InChI is InChI=1S/C12H19N3O2/c1-15-8-13-6-11(15)7-14-10-4-2-3-9(5-10)12(16)17/h6,8-10,14H,2-5,7H2,1H3,(H,16,17). The van der Waals surface area contributed by atoms with Gasteiger partial charge in [0.25, 0.3) is 0 Å². The first kappa shape index (κ1) is 12.1. The van der Waals surface area contributed by atoms with E-state index >= 15 is 0 Å². The molecule has 5 nitrogen and oxygen atoms in total. The number of aromatic nitrogens is 2. The molecule has 94 valence electrons. The van der Waals surface area contributed by atoms with Crippen LogP contribution < -0.4 is 5.32 Å². The molecule has 1 aromatic rings. The number of nitrogens with zero attached hydrogens (tertiary/aromatic N) is 2. The second-order valence-corrected chi connectivity index (χ2v) is 4.78. The third kappa shape index (κ3) is 3.06. The summed E-state index contributed by atoms with van der Waals surface area (Å²) in [7, 11) is 1.96. The first-order chi connectivity index (χ1) is 8.16. The van der Waals surface area contributed by atoms with Crippen LogP contribution in [0.2, 0.25) is 0 Å². The largest absolute Gasteiger partial charge is 0.481 e. The summed E-state index contributed by atoms with van der Waals surface area (Å²) in [6, 6.07) is 0.319. The van der Waals surface area contributed by atoms with E-state index in [-0.39, 0.29) is 5.92 Å². The molecule has 2 unspecified atom stereocenters. The Morgan fingerprint density at radius 1 is 1.65 bits per heavy atom. The molecule has 0 spiro atoms. The lowest BCUT2D eigenvalue weighted by Gasteiger charge is -2.27. The van der Waals surface area contributed by atoms with E-state index < -0.39 is 5.97 Å². The topological polar surface area (TPSA) is 67.2 Å². The fourth-order valence-corrected chi connectivity index (χ4v) is 2.40. The summed E-state index contributed by atoms with van der Waals surface area (Å²) in [5.41, 5.74) is 1.13. The maximum Gasteiger partial charge on any atom is 0.306 e. The van der Waals surface area contributed by atoms with Crippen molar-refractivity contribution in [3.8, 4) is 0 Å². The second kappa shape index (κ2) is 5.31. The van der Waals surface area contributed by atoms with Crippen molar-refractivity contribution in [2.45, 2.75) is 38.3 Å². The van der Waals surface area contributed by atoms with Crippen molar-refractivity contribution in [2.24, 2.45) is 13.0 Å². The van der Waals surface area contributed by atoms with Crippen molar-refractivity contribution in [3.05, 3.63) is 18.2 Å². The Labute approximate surface area is 101 Å². The van der Waals surface area contributed by atoms with Gasteiger partial charge in [-0.2, -0.15) is 0 Å². The minimum absolute atomic E-state index is 0.173. The molecule has 0 radical (unpaired) electrons. The average Bonchev–Trinajstić information content (AvgIpc) is 2.72. The van der Waals surface area contributed by atoms with Crippen LogP contribution in [0.1, 0.15) is 31.4 Å². The molecule has 0 bridgehead atoms. The lowest BCUT2D eigenvalue weighted by atomic mass is 9.86. The first-order valence-electron chi connectivity index (χ1n) is 6.08. The van der Waals surface area contributed by atoms with Crippen molar-refractivity contribution >= 4 is 5.97 Å². The maximum atomic E-state index is 10.9. The van der Waals surface area contributed by atoms with Crippen molar-refractivity contribution in [1.82, 2.24) is 14.9 Å². The van der Waals surface area contributed by atoms with Crippen LogP contribution in [-0.4, -0.2) is 26.7 Å². The number of rotatable bonds is 4. The number of carboxylic acids is 1. The molecule has 0 saturated heterocycles. The van der Waals surface area contributed by atoms with Crippen molar-refractivity contribution in [1.29, 1.82) is 0 Å². The summed E-state index contributed by atoms with van der Waals surface area (Å²) in [5, 5.41) is 12.4. The summed E-state index contributed by atoms with van der Waals surface area (Å²) in [6.07, 6.45) is 7.25. The molecule has 1 aromatic heterocycles. The second-order valence-electron chi connectivity index (χ2n) is 4.78. The summed E-state index contributed by atoms with van der Waals surface area (Å²) in [5.74, 6) is -0.829. The predicted octanol–water partition coefficient (Wildman–Crippen LogP) is 1.15. The molecule has 2 rings (SSSR count). The van der Waals surface area contributed by atoms with E-state index in [0.29, 0.717) is 6.04 Å². The molecule has 2 atom stereocenters. The van der Waals surface area contributed by atoms with Crippen LogP contribution in [0.15, 0.2) is 12.5 Å². The van der Waals surface area contributed by atoms with E-state index in [1.807, 2.05) is 17.8 Å². The molecule has 17 heavy (non-hydrogen) atoms. The van der Waals surface area contributed by atoms with Gasteiger partial charge >= 0.3 is 5.97 Å². The van der Waals surface area contributed by atoms with Crippen LogP contribution in [0.3, 0.4) is 0 Å². The molecule has 5 heteroatoms. The Hall–Kier alpha value is -1.36. The molecule has 0 aliphatic heterocycles. The SMILES string of the molecule is Cn1cncc1CNC1CCCC(C(=O)O)C1. The Kier molecular flexibility index (Phi) is 3.78. The Morgan fingerprint density at radius 3 is 3.12 bits per heavy atom. The molecule has 1 aliphatic carbocycles. The zero-order valence-corrected chi connectivity index (χ0v) is 10.1. The first-order valence-corrected chi connectivity index (χ1v) is 6.08.